The van der Waals surface area contributed by atoms with Crippen LogP contribution in [0.1, 0.15) is 46.1 Å². The highest BCUT2D eigenvalue weighted by atomic mass is 16.1. The quantitative estimate of drug-likeness (QED) is 0.660. The third kappa shape index (κ3) is 4.59. The highest BCUT2D eigenvalue weighted by Gasteiger charge is 2.30. The summed E-state index contributed by atoms with van der Waals surface area (Å²) < 4.78 is 0. The van der Waals surface area contributed by atoms with Gasteiger partial charge in [-0.25, -0.2) is 9.97 Å². The molecule has 1 aliphatic rings. The largest absolute Gasteiger partial charge is 0.366 e. The van der Waals surface area contributed by atoms with Crippen LogP contribution in [-0.2, 0) is 6.54 Å². The zero-order valence-corrected chi connectivity index (χ0v) is 18.4. The molecule has 1 saturated heterocycles. The number of anilines is 1. The average Bonchev–Trinajstić information content (AvgIpc) is 3.21. The van der Waals surface area contributed by atoms with Crippen molar-refractivity contribution < 1.29 is 4.79 Å². The van der Waals surface area contributed by atoms with E-state index in [0.717, 1.165) is 42.8 Å². The Morgan fingerprint density at radius 1 is 1.19 bits per heavy atom. The lowest BCUT2D eigenvalue weighted by molar-refractivity contribution is 0.100. The molecule has 2 N–H and O–H groups in total. The minimum atomic E-state index is -0.425. The first-order valence-electron chi connectivity index (χ1n) is 10.7. The first-order chi connectivity index (χ1) is 14.9. The lowest BCUT2D eigenvalue weighted by Crippen LogP contribution is -2.25. The Morgan fingerprint density at radius 2 is 1.97 bits per heavy atom. The normalized spacial score (nSPS) is 16.4. The zero-order valence-electron chi connectivity index (χ0n) is 18.4. The number of hydrogen-bond acceptors (Lipinski definition) is 5. The van der Waals surface area contributed by atoms with Gasteiger partial charge in [-0.1, -0.05) is 42.0 Å². The number of aromatic nitrogens is 2. The maximum atomic E-state index is 11.5. The first-order valence-corrected chi connectivity index (χ1v) is 10.7. The maximum absolute atomic E-state index is 11.5. The summed E-state index contributed by atoms with van der Waals surface area (Å²) in [7, 11) is 3.92. The van der Waals surface area contributed by atoms with Crippen LogP contribution in [-0.4, -0.2) is 41.4 Å². The minimum absolute atomic E-state index is 0.216. The van der Waals surface area contributed by atoms with Gasteiger partial charge < -0.3 is 10.6 Å². The number of hydrogen-bond donors (Lipinski definition) is 1. The number of nitrogens with two attached hydrogens (primary N) is 1. The molecule has 1 fully saturated rings. The molecule has 160 valence electrons. The Balaban J connectivity index is 1.72. The van der Waals surface area contributed by atoms with Gasteiger partial charge in [-0.2, -0.15) is 0 Å². The van der Waals surface area contributed by atoms with Crippen molar-refractivity contribution >= 4 is 11.9 Å². The van der Waals surface area contributed by atoms with Crippen LogP contribution in [0.4, 0.5) is 5.95 Å². The predicted octanol–water partition coefficient (Wildman–Crippen LogP) is 3.95. The fourth-order valence-corrected chi connectivity index (χ4v) is 4.26. The van der Waals surface area contributed by atoms with E-state index in [2.05, 4.69) is 41.1 Å². The lowest BCUT2D eigenvalue weighted by Gasteiger charge is -2.27. The monoisotopic (exact) mass is 415 g/mol. The van der Waals surface area contributed by atoms with E-state index >= 15 is 0 Å². The molecule has 0 saturated carbocycles. The van der Waals surface area contributed by atoms with Gasteiger partial charge >= 0.3 is 0 Å². The molecule has 0 unspecified atom stereocenters. The molecule has 3 aromatic rings. The topological polar surface area (TPSA) is 75.3 Å². The number of benzene rings is 2. The number of likely N-dealkylation sites (tertiary alicyclic amines) is 1. The van der Waals surface area contributed by atoms with Crippen molar-refractivity contribution in [3.05, 3.63) is 77.1 Å². The Bertz CT molecular complexity index is 1080. The summed E-state index contributed by atoms with van der Waals surface area (Å²) in [6, 6.07) is 16.3. The Labute approximate surface area is 183 Å². The Kier molecular flexibility index (Phi) is 6.00. The van der Waals surface area contributed by atoms with E-state index in [0.29, 0.717) is 11.5 Å². The van der Waals surface area contributed by atoms with Gasteiger partial charge in [-0.3, -0.25) is 9.69 Å². The SMILES string of the molecule is Cc1cccc(CN2CCC[C@H]2c2nc(N(C)C)ncc2-c2ccc(C(N)=O)cc2)c1. The van der Waals surface area contributed by atoms with Crippen molar-refractivity contribution in [3.63, 3.8) is 0 Å². The summed E-state index contributed by atoms with van der Waals surface area (Å²) in [4.78, 5) is 25.5. The molecule has 1 aliphatic heterocycles. The summed E-state index contributed by atoms with van der Waals surface area (Å²) in [6.45, 7) is 4.07. The smallest absolute Gasteiger partial charge is 0.248 e. The van der Waals surface area contributed by atoms with Gasteiger partial charge in [0.25, 0.3) is 0 Å². The van der Waals surface area contributed by atoms with Gasteiger partial charge in [0, 0.05) is 38.0 Å². The average molecular weight is 416 g/mol. The summed E-state index contributed by atoms with van der Waals surface area (Å²) in [6.07, 6.45) is 4.10. The van der Waals surface area contributed by atoms with E-state index in [1.165, 1.54) is 11.1 Å². The van der Waals surface area contributed by atoms with E-state index in [4.69, 9.17) is 10.7 Å². The zero-order chi connectivity index (χ0) is 22.0. The third-order valence-electron chi connectivity index (χ3n) is 5.83. The summed E-state index contributed by atoms with van der Waals surface area (Å²) in [5.74, 6) is 0.279. The summed E-state index contributed by atoms with van der Waals surface area (Å²) in [5.41, 5.74) is 11.5. The fourth-order valence-electron chi connectivity index (χ4n) is 4.26. The molecule has 31 heavy (non-hydrogen) atoms. The number of amides is 1. The molecule has 4 rings (SSSR count). The van der Waals surface area contributed by atoms with Crippen molar-refractivity contribution in [2.75, 3.05) is 25.5 Å². The molecule has 2 aromatic carbocycles. The standard InChI is InChI=1S/C25H29N5O/c1-17-6-4-7-18(14-17)16-30-13-5-8-22(30)23-21(15-27-25(28-23)29(2)3)19-9-11-20(12-10-19)24(26)31/h4,6-7,9-12,14-15,22H,5,8,13,16H2,1-3H3,(H2,26,31)/t22-/m0/s1. The third-order valence-corrected chi connectivity index (χ3v) is 5.83. The molecule has 6 heteroatoms. The van der Waals surface area contributed by atoms with Crippen molar-refractivity contribution in [3.8, 4) is 11.1 Å². The van der Waals surface area contributed by atoms with Crippen LogP contribution in [0.25, 0.3) is 11.1 Å². The summed E-state index contributed by atoms with van der Waals surface area (Å²) >= 11 is 0. The first kappa shape index (κ1) is 21.0. The van der Waals surface area contributed by atoms with Gasteiger partial charge in [0.2, 0.25) is 11.9 Å². The minimum Gasteiger partial charge on any atom is -0.366 e. The van der Waals surface area contributed by atoms with Gasteiger partial charge in [0.05, 0.1) is 11.7 Å². The van der Waals surface area contributed by atoms with Crippen molar-refractivity contribution in [2.45, 2.75) is 32.4 Å². The number of rotatable bonds is 6. The number of primary amides is 1. The second-order valence-corrected chi connectivity index (χ2v) is 8.42. The number of carbonyl (C=O) groups is 1. The molecule has 0 bridgehead atoms. The van der Waals surface area contributed by atoms with Gasteiger partial charge in [-0.05, 0) is 49.6 Å². The fraction of sp³-hybridized carbons (Fsp3) is 0.320. The van der Waals surface area contributed by atoms with Crippen LogP contribution in [0.15, 0.2) is 54.7 Å². The van der Waals surface area contributed by atoms with Crippen molar-refractivity contribution in [2.24, 2.45) is 5.73 Å². The lowest BCUT2D eigenvalue weighted by atomic mass is 9.98. The van der Waals surface area contributed by atoms with E-state index in [9.17, 15) is 4.79 Å². The van der Waals surface area contributed by atoms with E-state index in [1.807, 2.05) is 37.3 Å². The van der Waals surface area contributed by atoms with Crippen LogP contribution >= 0.6 is 0 Å². The van der Waals surface area contributed by atoms with E-state index < -0.39 is 5.91 Å². The number of carbonyl (C=O) groups excluding carboxylic acids is 1. The Hall–Kier alpha value is -3.25. The Morgan fingerprint density at radius 3 is 2.65 bits per heavy atom. The van der Waals surface area contributed by atoms with Gasteiger partial charge in [-0.15, -0.1) is 0 Å². The molecule has 6 nitrogen and oxygen atoms in total. The van der Waals surface area contributed by atoms with Crippen molar-refractivity contribution in [1.29, 1.82) is 0 Å². The van der Waals surface area contributed by atoms with Crippen molar-refractivity contribution in [1.82, 2.24) is 14.9 Å². The molecule has 1 atom stereocenters. The summed E-state index contributed by atoms with van der Waals surface area (Å²) in [5, 5.41) is 0. The predicted molar refractivity (Wildman–Crippen MR) is 124 cm³/mol. The van der Waals surface area contributed by atoms with Crippen LogP contribution in [0.5, 0.6) is 0 Å². The molecule has 1 aromatic heterocycles. The molecule has 0 radical (unpaired) electrons. The number of aryl methyl sites for hydroxylation is 1. The van der Waals surface area contributed by atoms with Gasteiger partial charge in [0.15, 0.2) is 0 Å². The highest BCUT2D eigenvalue weighted by Crippen LogP contribution is 2.38. The number of nitrogens with zero attached hydrogens (tertiary/aromatic N) is 4. The van der Waals surface area contributed by atoms with Crippen LogP contribution in [0, 0.1) is 6.92 Å². The van der Waals surface area contributed by atoms with Crippen LogP contribution in [0.3, 0.4) is 0 Å². The molecule has 0 aliphatic carbocycles. The molecular formula is C25H29N5O. The van der Waals surface area contributed by atoms with Crippen LogP contribution in [0.2, 0.25) is 0 Å². The molecule has 0 spiro atoms. The second kappa shape index (κ2) is 8.86. The maximum Gasteiger partial charge on any atom is 0.248 e. The van der Waals surface area contributed by atoms with Crippen LogP contribution < -0.4 is 10.6 Å². The van der Waals surface area contributed by atoms with Gasteiger partial charge in [0.1, 0.15) is 0 Å². The van der Waals surface area contributed by atoms with E-state index in [-0.39, 0.29) is 6.04 Å². The molecule has 2 heterocycles. The highest BCUT2D eigenvalue weighted by molar-refractivity contribution is 5.93. The molecule has 1 amide bonds. The second-order valence-electron chi connectivity index (χ2n) is 8.42. The van der Waals surface area contributed by atoms with E-state index in [1.54, 1.807) is 12.1 Å². The molecular weight excluding hydrogens is 386 g/mol.